The van der Waals surface area contributed by atoms with Gasteiger partial charge in [-0.1, -0.05) is 115 Å². The molecule has 0 radical (unpaired) electrons. The van der Waals surface area contributed by atoms with Gasteiger partial charge in [-0.2, -0.15) is 0 Å². The Labute approximate surface area is 323 Å². The number of para-hydroxylation sites is 3. The van der Waals surface area contributed by atoms with E-state index in [0.29, 0.717) is 4.90 Å². The Morgan fingerprint density at radius 1 is 0.408 bits per heavy atom. The van der Waals surface area contributed by atoms with E-state index >= 15 is 0 Å². The second-order valence-electron chi connectivity index (χ2n) is 10.3. The summed E-state index contributed by atoms with van der Waals surface area (Å²) >= 11 is 0. The first-order valence-corrected chi connectivity index (χ1v) is 14.2. The molecule has 49 heavy (non-hydrogen) atoms. The third-order valence-corrected chi connectivity index (χ3v) is 7.57. The van der Waals surface area contributed by atoms with Crippen LogP contribution in [0.1, 0.15) is 39.8 Å². The van der Waals surface area contributed by atoms with Crippen molar-refractivity contribution in [3.63, 3.8) is 0 Å². The molecule has 0 bridgehead atoms. The van der Waals surface area contributed by atoms with Crippen molar-refractivity contribution in [3.05, 3.63) is 175 Å². The molecule has 10 aromatic rings. The van der Waals surface area contributed by atoms with E-state index in [9.17, 15) is 16.4 Å². The van der Waals surface area contributed by atoms with E-state index < -0.39 is 269 Å². The van der Waals surface area contributed by atoms with Crippen molar-refractivity contribution in [1.29, 1.82) is 0 Å². The number of hydrogen-bond acceptors (Lipinski definition) is 3. The third kappa shape index (κ3) is 4.44. The van der Waals surface area contributed by atoms with Crippen molar-refractivity contribution in [1.82, 2.24) is 0 Å². The topological polar surface area (TPSA) is 29.5 Å². The Kier molecular flexibility index (Phi) is 2.53. The van der Waals surface area contributed by atoms with E-state index in [-0.39, 0.29) is 0 Å². The first kappa shape index (κ1) is 11.3. The number of furan rings is 2. The molecule has 0 saturated carbocycles. The summed E-state index contributed by atoms with van der Waals surface area (Å²) in [7, 11) is 0. The lowest BCUT2D eigenvalue weighted by atomic mass is 9.92. The Morgan fingerprint density at radius 3 is 1.94 bits per heavy atom. The minimum atomic E-state index is -1.26. The van der Waals surface area contributed by atoms with Gasteiger partial charge < -0.3 is 13.7 Å². The van der Waals surface area contributed by atoms with Crippen LogP contribution in [-0.2, 0) is 0 Å². The first-order valence-electron chi connectivity index (χ1n) is 28.7. The van der Waals surface area contributed by atoms with Crippen LogP contribution in [0.25, 0.3) is 76.9 Å². The molecule has 0 spiro atoms. The lowest BCUT2D eigenvalue weighted by Gasteiger charge is -2.27. The van der Waals surface area contributed by atoms with Gasteiger partial charge in [0.2, 0.25) is 0 Å². The van der Waals surface area contributed by atoms with Crippen LogP contribution < -0.4 is 4.90 Å². The zero-order valence-electron chi connectivity index (χ0n) is 53.3. The lowest BCUT2D eigenvalue weighted by molar-refractivity contribution is 0.669. The molecular formula is C46H29NO2. The maximum Gasteiger partial charge on any atom is 0.145 e. The molecule has 0 unspecified atom stereocenters. The highest BCUT2D eigenvalue weighted by Crippen LogP contribution is 2.48. The largest absolute Gasteiger partial charge is 0.456 e. The molecule has 0 fully saturated rings. The van der Waals surface area contributed by atoms with Gasteiger partial charge in [-0.3, -0.25) is 0 Å². The van der Waals surface area contributed by atoms with E-state index in [4.69, 9.17) is 32.1 Å². The molecule has 8 aromatic carbocycles. The van der Waals surface area contributed by atoms with Gasteiger partial charge in [0.05, 0.1) is 50.8 Å². The molecule has 0 atom stereocenters. The summed E-state index contributed by atoms with van der Waals surface area (Å²) < 4.78 is 272. The molecule has 0 N–H and O–H groups in total. The van der Waals surface area contributed by atoms with Crippen molar-refractivity contribution in [2.24, 2.45) is 0 Å². The molecular weight excluding hydrogens is 599 g/mol. The molecule has 3 heteroatoms. The highest BCUT2D eigenvalue weighted by Gasteiger charge is 2.23. The maximum absolute atomic E-state index is 9.99. The maximum atomic E-state index is 9.99. The van der Waals surface area contributed by atoms with Gasteiger partial charge >= 0.3 is 0 Å². The summed E-state index contributed by atoms with van der Waals surface area (Å²) in [6.07, 6.45) is 0. The monoisotopic (exact) mass is 656 g/mol. The van der Waals surface area contributed by atoms with Crippen LogP contribution in [-0.4, -0.2) is 0 Å². The normalized spacial score (nSPS) is 20.0. The van der Waals surface area contributed by atoms with Crippen molar-refractivity contribution >= 4 is 71.7 Å². The Hall–Kier alpha value is -6.58. The molecule has 0 aliphatic carbocycles. The standard InChI is InChI=1S/C46H29NO2/c1-2-14-33(15-3-1)47(34-24-22-30-12-4-5-13-31(30)28-34)41-27-26-39(46-45(41)40-19-9-11-21-43(40)49-46)36-17-7-6-16-35(36)32-23-25-38-37-18-8-10-20-42(37)48-44(38)29-32/h1-29H/i1D,2D,3D,4D,5D,6D,7D,8D,9D,10D,11D,12D,13D,14D,15D,16D,17D,18D,19D,20D,21D,22D,23D,24D,25D,26D,27D,28D,29D. The van der Waals surface area contributed by atoms with E-state index in [1.54, 1.807) is 0 Å². The lowest BCUT2D eigenvalue weighted by Crippen LogP contribution is -2.10. The number of fused-ring (bicyclic) bond motifs is 7. The zero-order chi connectivity index (χ0) is 57.5. The minimum Gasteiger partial charge on any atom is -0.456 e. The summed E-state index contributed by atoms with van der Waals surface area (Å²) in [5, 5.41) is -3.84. The van der Waals surface area contributed by atoms with Gasteiger partial charge in [-0.25, -0.2) is 0 Å². The molecule has 0 saturated heterocycles. The zero-order valence-corrected chi connectivity index (χ0v) is 24.3. The van der Waals surface area contributed by atoms with Crippen molar-refractivity contribution in [2.45, 2.75) is 0 Å². The SMILES string of the molecule is [2H]c1c([2H])c([2H])c(N(c2c([2H])c([2H])c3c([2H])c([2H])c([2H])c([2H])c3c2[2H])c2c([2H])c([2H])c(-c3c([2H])c([2H])c([2H])c([2H])c3-c3c([2H])c([2H])c4c(oc5c([2H])c([2H])c([2H])c([2H])c54)c3[2H])c3oc4c([2H])c([2H])c([2H])c([2H])c4c23)c([2H])c1[2H]. The summed E-state index contributed by atoms with van der Waals surface area (Å²) in [5.74, 6) is 0. The summed E-state index contributed by atoms with van der Waals surface area (Å²) in [6, 6.07) is -28.8. The molecule has 10 rings (SSSR count). The van der Waals surface area contributed by atoms with E-state index in [1.807, 2.05) is 0 Å². The fourth-order valence-corrected chi connectivity index (χ4v) is 5.49. The number of benzene rings is 8. The Bertz CT molecular complexity index is 4480. The van der Waals surface area contributed by atoms with E-state index in [1.165, 1.54) is 0 Å². The molecule has 0 aliphatic heterocycles. The smallest absolute Gasteiger partial charge is 0.145 e. The quantitative estimate of drug-likeness (QED) is 0.185. The van der Waals surface area contributed by atoms with Crippen LogP contribution in [0.4, 0.5) is 17.1 Å². The van der Waals surface area contributed by atoms with Crippen molar-refractivity contribution < 1.29 is 48.6 Å². The fourth-order valence-electron chi connectivity index (χ4n) is 5.49. The van der Waals surface area contributed by atoms with Crippen molar-refractivity contribution in [3.8, 4) is 22.3 Å². The third-order valence-electron chi connectivity index (χ3n) is 7.57. The minimum absolute atomic E-state index is 0.406. The molecule has 2 aromatic heterocycles. The predicted octanol–water partition coefficient (Wildman–Crippen LogP) is 13.4. The van der Waals surface area contributed by atoms with Crippen molar-refractivity contribution in [2.75, 3.05) is 4.90 Å². The van der Waals surface area contributed by atoms with Gasteiger partial charge in [0.15, 0.2) is 0 Å². The van der Waals surface area contributed by atoms with Crippen LogP contribution in [0.15, 0.2) is 184 Å². The van der Waals surface area contributed by atoms with Crippen LogP contribution in [0.2, 0.25) is 0 Å². The van der Waals surface area contributed by atoms with Crippen LogP contribution in [0.3, 0.4) is 0 Å². The summed E-state index contributed by atoms with van der Waals surface area (Å²) in [6.45, 7) is 0. The number of rotatable bonds is 5. The molecule has 230 valence electrons. The van der Waals surface area contributed by atoms with E-state index in [0.717, 1.165) is 0 Å². The van der Waals surface area contributed by atoms with Crippen LogP contribution >= 0.6 is 0 Å². The molecule has 3 nitrogen and oxygen atoms in total. The molecule has 0 amide bonds. The number of hydrogen-bond donors (Lipinski definition) is 0. The average Bonchev–Trinajstić information content (AvgIpc) is 4.07. The molecule has 2 heterocycles. The highest BCUT2D eigenvalue weighted by atomic mass is 16.3. The van der Waals surface area contributed by atoms with Gasteiger partial charge in [-0.15, -0.1) is 0 Å². The van der Waals surface area contributed by atoms with Gasteiger partial charge in [-0.05, 0) is 87.9 Å². The van der Waals surface area contributed by atoms with Crippen LogP contribution in [0.5, 0.6) is 0 Å². The van der Waals surface area contributed by atoms with E-state index in [2.05, 4.69) is 0 Å². The van der Waals surface area contributed by atoms with Gasteiger partial charge in [0.1, 0.15) is 22.3 Å². The Morgan fingerprint density at radius 2 is 1.08 bits per heavy atom. The summed E-state index contributed by atoms with van der Waals surface area (Å²) in [4.78, 5) is 0.449. The number of anilines is 3. The second-order valence-corrected chi connectivity index (χ2v) is 10.3. The fraction of sp³-hybridized carbons (Fsp3) is 0. The van der Waals surface area contributed by atoms with Gasteiger partial charge in [0.25, 0.3) is 0 Å². The van der Waals surface area contributed by atoms with Gasteiger partial charge in [0, 0.05) is 33.1 Å². The molecule has 0 aliphatic rings. The average molecular weight is 657 g/mol. The first-order chi connectivity index (χ1) is 36.4. The Balaban J connectivity index is 1.48. The van der Waals surface area contributed by atoms with Crippen LogP contribution in [0, 0.1) is 0 Å². The summed E-state index contributed by atoms with van der Waals surface area (Å²) in [5.41, 5.74) is -9.56. The second kappa shape index (κ2) is 11.0. The highest BCUT2D eigenvalue weighted by molar-refractivity contribution is 6.18. The number of nitrogens with zero attached hydrogens (tertiary/aromatic N) is 1. The predicted molar refractivity (Wildman–Crippen MR) is 204 cm³/mol.